The van der Waals surface area contributed by atoms with Crippen molar-refractivity contribution in [1.82, 2.24) is 10.1 Å². The highest BCUT2D eigenvalue weighted by Gasteiger charge is 2.16. The molecule has 16 heavy (non-hydrogen) atoms. The molecule has 0 radical (unpaired) electrons. The number of nitrogens with zero attached hydrogens (tertiary/aromatic N) is 2. The predicted octanol–water partition coefficient (Wildman–Crippen LogP) is 3.23. The van der Waals surface area contributed by atoms with E-state index in [-0.39, 0.29) is 6.04 Å². The van der Waals surface area contributed by atoms with Gasteiger partial charge in [-0.3, -0.25) is 0 Å². The molecule has 0 aliphatic carbocycles. The number of anilines is 1. The number of aromatic nitrogens is 2. The highest BCUT2D eigenvalue weighted by Crippen LogP contribution is 2.26. The lowest BCUT2D eigenvalue weighted by Gasteiger charge is -2.12. The van der Waals surface area contributed by atoms with Gasteiger partial charge < -0.3 is 9.84 Å². The molecule has 5 heteroatoms. The topological polar surface area (TPSA) is 51.0 Å². The monoisotopic (exact) mass is 237 g/mol. The summed E-state index contributed by atoms with van der Waals surface area (Å²) in [7, 11) is 0. The van der Waals surface area contributed by atoms with Crippen LogP contribution in [0, 0.1) is 20.8 Å². The third-order valence-corrected chi connectivity index (χ3v) is 3.37. The number of rotatable bonds is 3. The average Bonchev–Trinajstić information content (AvgIpc) is 2.74. The van der Waals surface area contributed by atoms with Crippen molar-refractivity contribution < 1.29 is 4.52 Å². The molecule has 1 N–H and O–H groups in total. The third-order valence-electron chi connectivity index (χ3n) is 2.48. The van der Waals surface area contributed by atoms with Crippen molar-refractivity contribution in [3.8, 4) is 0 Å². The van der Waals surface area contributed by atoms with E-state index in [1.54, 1.807) is 11.3 Å². The minimum atomic E-state index is 0.164. The third kappa shape index (κ3) is 2.09. The molecule has 2 aromatic heterocycles. The molecular weight excluding hydrogens is 222 g/mol. The van der Waals surface area contributed by atoms with E-state index in [2.05, 4.69) is 22.4 Å². The average molecular weight is 237 g/mol. The van der Waals surface area contributed by atoms with Gasteiger partial charge in [-0.2, -0.15) is 0 Å². The lowest BCUT2D eigenvalue weighted by Crippen LogP contribution is -2.08. The first-order valence-corrected chi connectivity index (χ1v) is 6.07. The van der Waals surface area contributed by atoms with Gasteiger partial charge in [0, 0.05) is 10.9 Å². The zero-order chi connectivity index (χ0) is 11.7. The number of aryl methyl sites for hydroxylation is 3. The fourth-order valence-electron chi connectivity index (χ4n) is 1.79. The maximum absolute atomic E-state index is 5.15. The van der Waals surface area contributed by atoms with Gasteiger partial charge in [0.1, 0.15) is 5.76 Å². The fraction of sp³-hybridized carbons (Fsp3) is 0.455. The van der Waals surface area contributed by atoms with Gasteiger partial charge in [-0.15, -0.1) is 11.3 Å². The van der Waals surface area contributed by atoms with Crippen LogP contribution in [0.1, 0.15) is 35.7 Å². The Bertz CT molecular complexity index is 470. The van der Waals surface area contributed by atoms with Gasteiger partial charge in [0.05, 0.1) is 17.4 Å². The summed E-state index contributed by atoms with van der Waals surface area (Å²) in [5.41, 5.74) is 3.09. The highest BCUT2D eigenvalue weighted by atomic mass is 32.1. The molecule has 0 amide bonds. The summed E-state index contributed by atoms with van der Waals surface area (Å²) in [5.74, 6) is 0.866. The molecule has 4 nitrogen and oxygen atoms in total. The second-order valence-electron chi connectivity index (χ2n) is 3.90. The second-order valence-corrected chi connectivity index (χ2v) is 4.76. The lowest BCUT2D eigenvalue weighted by atomic mass is 10.1. The molecule has 0 aromatic carbocycles. The highest BCUT2D eigenvalue weighted by molar-refractivity contribution is 7.13. The van der Waals surface area contributed by atoms with E-state index < -0.39 is 0 Å². The SMILES string of the molecule is Cc1csc(NC(C)c2c(C)noc2C)n1. The quantitative estimate of drug-likeness (QED) is 0.890. The zero-order valence-electron chi connectivity index (χ0n) is 9.87. The van der Waals surface area contributed by atoms with E-state index in [1.807, 2.05) is 26.2 Å². The maximum Gasteiger partial charge on any atom is 0.183 e. The fourth-order valence-corrected chi connectivity index (χ4v) is 2.56. The van der Waals surface area contributed by atoms with E-state index in [1.165, 1.54) is 0 Å². The Kier molecular flexibility index (Phi) is 2.96. The number of hydrogen-bond donors (Lipinski definition) is 1. The summed E-state index contributed by atoms with van der Waals surface area (Å²) >= 11 is 1.61. The van der Waals surface area contributed by atoms with Crippen LogP contribution in [-0.2, 0) is 0 Å². The van der Waals surface area contributed by atoms with Crippen molar-refractivity contribution in [2.24, 2.45) is 0 Å². The van der Waals surface area contributed by atoms with E-state index in [0.717, 1.165) is 27.8 Å². The van der Waals surface area contributed by atoms with Crippen molar-refractivity contribution in [2.45, 2.75) is 33.7 Å². The molecule has 0 fully saturated rings. The van der Waals surface area contributed by atoms with Crippen molar-refractivity contribution in [2.75, 3.05) is 5.32 Å². The maximum atomic E-state index is 5.15. The Hall–Kier alpha value is -1.36. The van der Waals surface area contributed by atoms with E-state index >= 15 is 0 Å². The van der Waals surface area contributed by atoms with E-state index in [0.29, 0.717) is 0 Å². The van der Waals surface area contributed by atoms with Crippen LogP contribution in [0.15, 0.2) is 9.90 Å². The van der Waals surface area contributed by atoms with E-state index in [9.17, 15) is 0 Å². The van der Waals surface area contributed by atoms with Crippen molar-refractivity contribution in [1.29, 1.82) is 0 Å². The van der Waals surface area contributed by atoms with Crippen LogP contribution in [0.3, 0.4) is 0 Å². The molecular formula is C11H15N3OS. The van der Waals surface area contributed by atoms with Crippen LogP contribution in [0.5, 0.6) is 0 Å². The molecule has 0 spiro atoms. The Morgan fingerprint density at radius 2 is 2.12 bits per heavy atom. The minimum Gasteiger partial charge on any atom is -0.361 e. The predicted molar refractivity (Wildman–Crippen MR) is 64.9 cm³/mol. The van der Waals surface area contributed by atoms with Gasteiger partial charge in [-0.05, 0) is 27.7 Å². The van der Waals surface area contributed by atoms with Crippen LogP contribution in [0.2, 0.25) is 0 Å². The number of nitrogens with one attached hydrogen (secondary N) is 1. The zero-order valence-corrected chi connectivity index (χ0v) is 10.7. The largest absolute Gasteiger partial charge is 0.361 e. The first-order valence-electron chi connectivity index (χ1n) is 5.19. The molecule has 1 atom stereocenters. The standard InChI is InChI=1S/C11H15N3OS/c1-6-5-16-11(12-6)13-7(2)10-8(3)14-15-9(10)4/h5,7H,1-4H3,(H,12,13). The summed E-state index contributed by atoms with van der Waals surface area (Å²) < 4.78 is 5.15. The first kappa shape index (κ1) is 11.1. The molecule has 1 unspecified atom stereocenters. The van der Waals surface area contributed by atoms with Crippen LogP contribution >= 0.6 is 11.3 Å². The Morgan fingerprint density at radius 3 is 2.62 bits per heavy atom. The second kappa shape index (κ2) is 4.25. The van der Waals surface area contributed by atoms with Gasteiger partial charge in [-0.25, -0.2) is 4.98 Å². The Labute approximate surface area is 98.7 Å². The summed E-state index contributed by atoms with van der Waals surface area (Å²) in [6.45, 7) is 7.96. The molecule has 86 valence electrons. The number of hydrogen-bond acceptors (Lipinski definition) is 5. The molecule has 0 bridgehead atoms. The van der Waals surface area contributed by atoms with Crippen LogP contribution in [0.4, 0.5) is 5.13 Å². The van der Waals surface area contributed by atoms with Gasteiger partial charge in [0.25, 0.3) is 0 Å². The first-order chi connectivity index (χ1) is 7.58. The number of thiazole rings is 1. The van der Waals surface area contributed by atoms with Crippen LogP contribution in [0.25, 0.3) is 0 Å². The smallest absolute Gasteiger partial charge is 0.183 e. The molecule has 2 heterocycles. The van der Waals surface area contributed by atoms with Crippen molar-refractivity contribution in [3.05, 3.63) is 28.1 Å². The normalized spacial score (nSPS) is 12.8. The molecule has 0 saturated heterocycles. The summed E-state index contributed by atoms with van der Waals surface area (Å²) in [4.78, 5) is 4.38. The molecule has 2 aromatic rings. The van der Waals surface area contributed by atoms with Gasteiger partial charge in [0.15, 0.2) is 5.13 Å². The van der Waals surface area contributed by atoms with Crippen molar-refractivity contribution >= 4 is 16.5 Å². The summed E-state index contributed by atoms with van der Waals surface area (Å²) in [6, 6.07) is 0.164. The van der Waals surface area contributed by atoms with Gasteiger partial charge in [-0.1, -0.05) is 5.16 Å². The Morgan fingerprint density at radius 1 is 1.38 bits per heavy atom. The Balaban J connectivity index is 2.17. The molecule has 0 aliphatic heterocycles. The summed E-state index contributed by atoms with van der Waals surface area (Å²) in [5, 5.41) is 10.3. The lowest BCUT2D eigenvalue weighted by molar-refractivity contribution is 0.392. The molecule has 2 rings (SSSR count). The van der Waals surface area contributed by atoms with Gasteiger partial charge >= 0.3 is 0 Å². The molecule has 0 saturated carbocycles. The van der Waals surface area contributed by atoms with Crippen LogP contribution < -0.4 is 5.32 Å². The minimum absolute atomic E-state index is 0.164. The van der Waals surface area contributed by atoms with E-state index in [4.69, 9.17) is 4.52 Å². The molecule has 0 aliphatic rings. The summed E-state index contributed by atoms with van der Waals surface area (Å²) in [6.07, 6.45) is 0. The van der Waals surface area contributed by atoms with Crippen molar-refractivity contribution in [3.63, 3.8) is 0 Å². The van der Waals surface area contributed by atoms with Gasteiger partial charge in [0.2, 0.25) is 0 Å². The van der Waals surface area contributed by atoms with Crippen LogP contribution in [-0.4, -0.2) is 10.1 Å².